The molecule has 0 radical (unpaired) electrons. The summed E-state index contributed by atoms with van der Waals surface area (Å²) < 4.78 is 5.69. The molecule has 2 fully saturated rings. The highest BCUT2D eigenvalue weighted by Crippen LogP contribution is 2.25. The number of amides is 2. The van der Waals surface area contributed by atoms with E-state index in [1.165, 1.54) is 25.7 Å². The Bertz CT molecular complexity index is 380. The number of nitrogens with one attached hydrogen (secondary N) is 2. The van der Waals surface area contributed by atoms with Gasteiger partial charge < -0.3 is 15.4 Å². The van der Waals surface area contributed by atoms with Gasteiger partial charge in [0.15, 0.2) is 0 Å². The minimum Gasteiger partial charge on any atom is -0.368 e. The summed E-state index contributed by atoms with van der Waals surface area (Å²) in [5.74, 6) is 0.386. The van der Waals surface area contributed by atoms with Crippen LogP contribution in [0.4, 0.5) is 0 Å². The predicted octanol–water partition coefficient (Wildman–Crippen LogP) is 2.15. The number of rotatable bonds is 6. The highest BCUT2D eigenvalue weighted by Gasteiger charge is 2.23. The standard InChI is InChI=1S/C17H30N2O3/c1-12-6-5-9-15(10-12)22-11-16(20)18-13(2)17(21)19-14-7-3-4-8-14/h12-15H,3-11H2,1-2H3,(H,18,20)(H,19,21)/t12-,13+,15-/m1/s1. The van der Waals surface area contributed by atoms with Gasteiger partial charge in [0.05, 0.1) is 6.10 Å². The third kappa shape index (κ3) is 5.59. The van der Waals surface area contributed by atoms with E-state index in [2.05, 4.69) is 17.6 Å². The molecule has 22 heavy (non-hydrogen) atoms. The van der Waals surface area contributed by atoms with Gasteiger partial charge in [-0.25, -0.2) is 0 Å². The van der Waals surface area contributed by atoms with Crippen molar-refractivity contribution in [3.8, 4) is 0 Å². The zero-order valence-corrected chi connectivity index (χ0v) is 13.9. The molecule has 5 nitrogen and oxygen atoms in total. The van der Waals surface area contributed by atoms with Gasteiger partial charge in [-0.05, 0) is 38.5 Å². The summed E-state index contributed by atoms with van der Waals surface area (Å²) in [4.78, 5) is 23.9. The molecule has 2 N–H and O–H groups in total. The van der Waals surface area contributed by atoms with Crippen LogP contribution in [0.3, 0.4) is 0 Å². The summed E-state index contributed by atoms with van der Waals surface area (Å²) in [5.41, 5.74) is 0. The molecule has 2 rings (SSSR count). The smallest absolute Gasteiger partial charge is 0.246 e. The fraction of sp³-hybridized carbons (Fsp3) is 0.882. The molecule has 0 spiro atoms. The number of carbonyl (C=O) groups is 2. The first-order chi connectivity index (χ1) is 10.5. The quantitative estimate of drug-likeness (QED) is 0.790. The van der Waals surface area contributed by atoms with E-state index in [1.54, 1.807) is 6.92 Å². The summed E-state index contributed by atoms with van der Waals surface area (Å²) in [5, 5.41) is 5.73. The van der Waals surface area contributed by atoms with Gasteiger partial charge in [-0.15, -0.1) is 0 Å². The van der Waals surface area contributed by atoms with Gasteiger partial charge in [-0.1, -0.05) is 32.6 Å². The molecule has 0 heterocycles. The lowest BCUT2D eigenvalue weighted by Gasteiger charge is -2.26. The molecule has 2 aliphatic rings. The van der Waals surface area contributed by atoms with Crippen LogP contribution in [0.15, 0.2) is 0 Å². The van der Waals surface area contributed by atoms with Crippen LogP contribution in [-0.4, -0.2) is 36.6 Å². The molecule has 2 aliphatic carbocycles. The Hall–Kier alpha value is -1.10. The molecule has 0 aromatic heterocycles. The van der Waals surface area contributed by atoms with Crippen molar-refractivity contribution in [2.45, 2.75) is 83.4 Å². The van der Waals surface area contributed by atoms with Crippen LogP contribution in [0.1, 0.15) is 65.2 Å². The highest BCUT2D eigenvalue weighted by molar-refractivity contribution is 5.87. The molecule has 126 valence electrons. The number of hydrogen-bond acceptors (Lipinski definition) is 3. The Morgan fingerprint density at radius 1 is 1.14 bits per heavy atom. The van der Waals surface area contributed by atoms with Crippen molar-refractivity contribution in [3.05, 3.63) is 0 Å². The largest absolute Gasteiger partial charge is 0.368 e. The lowest BCUT2D eigenvalue weighted by molar-refractivity contribution is -0.133. The maximum atomic E-state index is 12.0. The van der Waals surface area contributed by atoms with Crippen LogP contribution in [0.25, 0.3) is 0 Å². The summed E-state index contributed by atoms with van der Waals surface area (Å²) >= 11 is 0. The van der Waals surface area contributed by atoms with Crippen LogP contribution in [0, 0.1) is 5.92 Å². The molecule has 2 saturated carbocycles. The van der Waals surface area contributed by atoms with Gasteiger partial charge >= 0.3 is 0 Å². The van der Waals surface area contributed by atoms with E-state index in [1.807, 2.05) is 0 Å². The Morgan fingerprint density at radius 2 is 1.86 bits per heavy atom. The van der Waals surface area contributed by atoms with Crippen molar-refractivity contribution >= 4 is 11.8 Å². The monoisotopic (exact) mass is 310 g/mol. The molecule has 0 unspecified atom stereocenters. The summed E-state index contributed by atoms with van der Waals surface area (Å²) in [6.07, 6.45) is 9.15. The van der Waals surface area contributed by atoms with Gasteiger partial charge in [0.1, 0.15) is 12.6 Å². The van der Waals surface area contributed by atoms with Crippen molar-refractivity contribution in [2.75, 3.05) is 6.61 Å². The van der Waals surface area contributed by atoms with Crippen molar-refractivity contribution in [3.63, 3.8) is 0 Å². The van der Waals surface area contributed by atoms with E-state index in [0.717, 1.165) is 25.7 Å². The van der Waals surface area contributed by atoms with E-state index in [9.17, 15) is 9.59 Å². The SMILES string of the molecule is C[C@@H]1CCC[C@@H](OCC(=O)N[C@@H](C)C(=O)NC2CCCC2)C1. The van der Waals surface area contributed by atoms with Crippen LogP contribution in [-0.2, 0) is 14.3 Å². The average Bonchev–Trinajstić information content (AvgIpc) is 2.98. The van der Waals surface area contributed by atoms with Gasteiger partial charge in [-0.2, -0.15) is 0 Å². The fourth-order valence-corrected chi connectivity index (χ4v) is 3.47. The van der Waals surface area contributed by atoms with Crippen LogP contribution < -0.4 is 10.6 Å². The van der Waals surface area contributed by atoms with Gasteiger partial charge in [0.25, 0.3) is 0 Å². The second-order valence-electron chi connectivity index (χ2n) is 6.98. The Balaban J connectivity index is 1.63. The minimum atomic E-state index is -0.498. The lowest BCUT2D eigenvalue weighted by atomic mass is 9.89. The predicted molar refractivity (Wildman–Crippen MR) is 85.4 cm³/mol. The zero-order valence-electron chi connectivity index (χ0n) is 13.9. The van der Waals surface area contributed by atoms with E-state index >= 15 is 0 Å². The third-order valence-electron chi connectivity index (χ3n) is 4.81. The van der Waals surface area contributed by atoms with Crippen molar-refractivity contribution < 1.29 is 14.3 Å². The average molecular weight is 310 g/mol. The molecule has 0 aliphatic heterocycles. The molecule has 2 amide bonds. The molecule has 0 aromatic carbocycles. The van der Waals surface area contributed by atoms with Crippen molar-refractivity contribution in [1.29, 1.82) is 0 Å². The Labute approximate surface area is 133 Å². The minimum absolute atomic E-state index is 0.0540. The van der Waals surface area contributed by atoms with Gasteiger partial charge in [-0.3, -0.25) is 9.59 Å². The molecular formula is C17H30N2O3. The summed E-state index contributed by atoms with van der Waals surface area (Å²) in [6, 6.07) is -0.214. The fourth-order valence-electron chi connectivity index (χ4n) is 3.47. The first kappa shape index (κ1) is 17.3. The maximum absolute atomic E-state index is 12.0. The van der Waals surface area contributed by atoms with Crippen LogP contribution in [0.5, 0.6) is 0 Å². The van der Waals surface area contributed by atoms with E-state index in [4.69, 9.17) is 4.74 Å². The van der Waals surface area contributed by atoms with Crippen molar-refractivity contribution in [2.24, 2.45) is 5.92 Å². The number of hydrogen-bond donors (Lipinski definition) is 2. The third-order valence-corrected chi connectivity index (χ3v) is 4.81. The second-order valence-corrected chi connectivity index (χ2v) is 6.98. The van der Waals surface area contributed by atoms with Gasteiger partial charge in [0, 0.05) is 6.04 Å². The summed E-state index contributed by atoms with van der Waals surface area (Å²) in [7, 11) is 0. The van der Waals surface area contributed by atoms with Gasteiger partial charge in [0.2, 0.25) is 11.8 Å². The van der Waals surface area contributed by atoms with Crippen LogP contribution >= 0.6 is 0 Å². The molecule has 0 aromatic rings. The first-order valence-corrected chi connectivity index (χ1v) is 8.76. The summed E-state index contributed by atoms with van der Waals surface area (Å²) in [6.45, 7) is 4.01. The van der Waals surface area contributed by atoms with Crippen LogP contribution in [0.2, 0.25) is 0 Å². The molecule has 5 heteroatoms. The molecular weight excluding hydrogens is 280 g/mol. The Morgan fingerprint density at radius 3 is 2.55 bits per heavy atom. The molecule has 0 bridgehead atoms. The Kier molecular flexibility index (Phi) is 6.68. The lowest BCUT2D eigenvalue weighted by Crippen LogP contribution is -2.48. The highest BCUT2D eigenvalue weighted by atomic mass is 16.5. The topological polar surface area (TPSA) is 67.4 Å². The second kappa shape index (κ2) is 8.51. The molecule has 3 atom stereocenters. The zero-order chi connectivity index (χ0) is 15.9. The van der Waals surface area contributed by atoms with E-state index in [0.29, 0.717) is 5.92 Å². The first-order valence-electron chi connectivity index (χ1n) is 8.76. The maximum Gasteiger partial charge on any atom is 0.246 e. The normalized spacial score (nSPS) is 27.4. The number of ether oxygens (including phenoxy) is 1. The van der Waals surface area contributed by atoms with E-state index < -0.39 is 6.04 Å². The van der Waals surface area contributed by atoms with Crippen molar-refractivity contribution in [1.82, 2.24) is 10.6 Å². The van der Waals surface area contributed by atoms with E-state index in [-0.39, 0.29) is 30.6 Å². The molecule has 0 saturated heterocycles. The number of carbonyl (C=O) groups excluding carboxylic acids is 2.